The zero-order valence-corrected chi connectivity index (χ0v) is 10.6. The van der Waals surface area contributed by atoms with Gasteiger partial charge in [0.1, 0.15) is 5.75 Å². The van der Waals surface area contributed by atoms with Gasteiger partial charge in [-0.1, -0.05) is 36.4 Å². The molecule has 0 saturated heterocycles. The van der Waals surface area contributed by atoms with E-state index in [9.17, 15) is 8.42 Å². The highest BCUT2D eigenvalue weighted by atomic mass is 32.2. The maximum absolute atomic E-state index is 11.6. The molecule has 94 valence electrons. The van der Waals surface area contributed by atoms with Gasteiger partial charge in [0.25, 0.3) is 0 Å². The van der Waals surface area contributed by atoms with Crippen LogP contribution in [0.15, 0.2) is 53.4 Å². The molecule has 2 N–H and O–H groups in total. The third-order valence-corrected chi connectivity index (χ3v) is 3.56. The Labute approximate surface area is 106 Å². The molecule has 0 aromatic heterocycles. The van der Waals surface area contributed by atoms with Crippen molar-refractivity contribution in [1.82, 2.24) is 0 Å². The monoisotopic (exact) mass is 263 g/mol. The molecule has 0 radical (unpaired) electrons. The summed E-state index contributed by atoms with van der Waals surface area (Å²) >= 11 is 0. The van der Waals surface area contributed by atoms with Gasteiger partial charge in [0.15, 0.2) is 0 Å². The summed E-state index contributed by atoms with van der Waals surface area (Å²) in [5.74, 6) is 0.605. The van der Waals surface area contributed by atoms with E-state index in [1.54, 1.807) is 37.4 Å². The predicted molar refractivity (Wildman–Crippen MR) is 69.8 cm³/mol. The van der Waals surface area contributed by atoms with Gasteiger partial charge in [0, 0.05) is 11.1 Å². The SMILES string of the molecule is COc1ccccc1-c1ccccc1S(N)(=O)=O. The van der Waals surface area contributed by atoms with E-state index in [0.717, 1.165) is 0 Å². The van der Waals surface area contributed by atoms with Crippen LogP contribution in [0.4, 0.5) is 0 Å². The maximum atomic E-state index is 11.6. The molecule has 0 unspecified atom stereocenters. The number of rotatable bonds is 3. The molecular weight excluding hydrogens is 250 g/mol. The normalized spacial score (nSPS) is 11.2. The van der Waals surface area contributed by atoms with Crippen molar-refractivity contribution in [2.24, 2.45) is 5.14 Å². The lowest BCUT2D eigenvalue weighted by Gasteiger charge is -2.11. The van der Waals surface area contributed by atoms with E-state index in [1.807, 2.05) is 12.1 Å². The average Bonchev–Trinajstić information content (AvgIpc) is 2.37. The molecule has 0 bridgehead atoms. The van der Waals surface area contributed by atoms with Crippen LogP contribution in [0.2, 0.25) is 0 Å². The highest BCUT2D eigenvalue weighted by Crippen LogP contribution is 2.33. The second-order valence-electron chi connectivity index (χ2n) is 3.74. The van der Waals surface area contributed by atoms with Crippen LogP contribution in [0.3, 0.4) is 0 Å². The minimum absolute atomic E-state index is 0.0921. The molecule has 2 rings (SSSR count). The number of methoxy groups -OCH3 is 1. The summed E-state index contributed by atoms with van der Waals surface area (Å²) in [6, 6.07) is 13.8. The topological polar surface area (TPSA) is 69.4 Å². The Bertz CT molecular complexity index is 665. The summed E-state index contributed by atoms with van der Waals surface area (Å²) in [6.07, 6.45) is 0. The molecule has 0 heterocycles. The lowest BCUT2D eigenvalue weighted by molar-refractivity contribution is 0.416. The summed E-state index contributed by atoms with van der Waals surface area (Å²) in [7, 11) is -2.22. The first kappa shape index (κ1) is 12.6. The summed E-state index contributed by atoms with van der Waals surface area (Å²) < 4.78 is 28.4. The number of hydrogen-bond donors (Lipinski definition) is 1. The van der Waals surface area contributed by atoms with Crippen molar-refractivity contribution < 1.29 is 13.2 Å². The highest BCUT2D eigenvalue weighted by Gasteiger charge is 2.16. The first-order chi connectivity index (χ1) is 8.54. The third-order valence-electron chi connectivity index (χ3n) is 2.59. The van der Waals surface area contributed by atoms with Crippen LogP contribution in [-0.2, 0) is 10.0 Å². The molecule has 0 spiro atoms. The Morgan fingerprint density at radius 2 is 1.50 bits per heavy atom. The van der Waals surface area contributed by atoms with Crippen molar-refractivity contribution in [3.05, 3.63) is 48.5 Å². The molecule has 0 amide bonds. The molecule has 0 atom stereocenters. The number of nitrogens with two attached hydrogens (primary N) is 1. The maximum Gasteiger partial charge on any atom is 0.238 e. The van der Waals surface area contributed by atoms with E-state index in [2.05, 4.69) is 0 Å². The first-order valence-electron chi connectivity index (χ1n) is 5.29. The molecular formula is C13H13NO3S. The molecule has 4 nitrogen and oxygen atoms in total. The van der Waals surface area contributed by atoms with Crippen LogP contribution in [-0.4, -0.2) is 15.5 Å². The summed E-state index contributed by atoms with van der Waals surface area (Å²) in [6.45, 7) is 0. The Hall–Kier alpha value is -1.85. The van der Waals surface area contributed by atoms with Gasteiger partial charge in [-0.3, -0.25) is 0 Å². The van der Waals surface area contributed by atoms with Gasteiger partial charge in [-0.05, 0) is 12.1 Å². The lowest BCUT2D eigenvalue weighted by Crippen LogP contribution is -2.13. The second-order valence-corrected chi connectivity index (χ2v) is 5.27. The van der Waals surface area contributed by atoms with E-state index in [4.69, 9.17) is 9.88 Å². The molecule has 0 fully saturated rings. The van der Waals surface area contributed by atoms with Crippen LogP contribution in [0.25, 0.3) is 11.1 Å². The molecule has 0 aliphatic carbocycles. The van der Waals surface area contributed by atoms with Crippen molar-refractivity contribution in [2.75, 3.05) is 7.11 Å². The molecule has 18 heavy (non-hydrogen) atoms. The quantitative estimate of drug-likeness (QED) is 0.921. The number of hydrogen-bond acceptors (Lipinski definition) is 3. The van der Waals surface area contributed by atoms with Gasteiger partial charge in [-0.15, -0.1) is 0 Å². The van der Waals surface area contributed by atoms with Crippen molar-refractivity contribution in [3.63, 3.8) is 0 Å². The zero-order valence-electron chi connectivity index (χ0n) is 9.83. The van der Waals surface area contributed by atoms with Crippen LogP contribution < -0.4 is 9.88 Å². The van der Waals surface area contributed by atoms with Crippen molar-refractivity contribution in [3.8, 4) is 16.9 Å². The van der Waals surface area contributed by atoms with Crippen LogP contribution in [0.5, 0.6) is 5.75 Å². The Kier molecular flexibility index (Phi) is 3.36. The van der Waals surface area contributed by atoms with Crippen LogP contribution in [0.1, 0.15) is 0 Å². The Morgan fingerprint density at radius 1 is 0.944 bits per heavy atom. The van der Waals surface area contributed by atoms with E-state index >= 15 is 0 Å². The lowest BCUT2D eigenvalue weighted by atomic mass is 10.0. The molecule has 2 aromatic rings. The van der Waals surface area contributed by atoms with Crippen LogP contribution in [0, 0.1) is 0 Å². The Balaban J connectivity index is 2.72. The summed E-state index contributed by atoms with van der Waals surface area (Å²) in [4.78, 5) is 0.0921. The first-order valence-corrected chi connectivity index (χ1v) is 6.84. The number of ether oxygens (including phenoxy) is 1. The zero-order chi connectivity index (χ0) is 13.2. The standard InChI is InChI=1S/C13H13NO3S/c1-17-12-8-4-2-6-10(12)11-7-3-5-9-13(11)18(14,15)16/h2-9H,1H3,(H2,14,15,16). The van der Waals surface area contributed by atoms with E-state index < -0.39 is 10.0 Å². The minimum atomic E-state index is -3.76. The molecule has 0 aliphatic rings. The third kappa shape index (κ3) is 2.37. The molecule has 5 heteroatoms. The van der Waals surface area contributed by atoms with Gasteiger partial charge < -0.3 is 4.74 Å². The fourth-order valence-corrected chi connectivity index (χ4v) is 2.56. The summed E-state index contributed by atoms with van der Waals surface area (Å²) in [5, 5.41) is 5.22. The Morgan fingerprint density at radius 3 is 2.11 bits per heavy atom. The smallest absolute Gasteiger partial charge is 0.238 e. The van der Waals surface area contributed by atoms with Crippen LogP contribution >= 0.6 is 0 Å². The van der Waals surface area contributed by atoms with Gasteiger partial charge in [-0.2, -0.15) is 0 Å². The van der Waals surface area contributed by atoms with Gasteiger partial charge >= 0.3 is 0 Å². The second kappa shape index (κ2) is 4.80. The average molecular weight is 263 g/mol. The fourth-order valence-electron chi connectivity index (χ4n) is 1.80. The predicted octanol–water partition coefficient (Wildman–Crippen LogP) is 2.01. The molecule has 0 aliphatic heterocycles. The highest BCUT2D eigenvalue weighted by molar-refractivity contribution is 7.89. The van der Waals surface area contributed by atoms with E-state index in [-0.39, 0.29) is 4.90 Å². The van der Waals surface area contributed by atoms with Gasteiger partial charge in [0.05, 0.1) is 12.0 Å². The fraction of sp³-hybridized carbons (Fsp3) is 0.0769. The van der Waals surface area contributed by atoms with Gasteiger partial charge in [0.2, 0.25) is 10.0 Å². The van der Waals surface area contributed by atoms with Crippen molar-refractivity contribution in [2.45, 2.75) is 4.90 Å². The van der Waals surface area contributed by atoms with Crippen molar-refractivity contribution >= 4 is 10.0 Å². The summed E-state index contributed by atoms with van der Waals surface area (Å²) in [5.41, 5.74) is 1.24. The van der Waals surface area contributed by atoms with E-state index in [1.165, 1.54) is 6.07 Å². The minimum Gasteiger partial charge on any atom is -0.496 e. The number of sulfonamides is 1. The molecule has 0 saturated carbocycles. The van der Waals surface area contributed by atoms with Gasteiger partial charge in [-0.25, -0.2) is 13.6 Å². The number of primary sulfonamides is 1. The largest absolute Gasteiger partial charge is 0.496 e. The number of benzene rings is 2. The van der Waals surface area contributed by atoms with E-state index in [0.29, 0.717) is 16.9 Å². The number of para-hydroxylation sites is 1. The molecule has 2 aromatic carbocycles. The van der Waals surface area contributed by atoms with Crippen molar-refractivity contribution in [1.29, 1.82) is 0 Å².